The van der Waals surface area contributed by atoms with E-state index in [1.807, 2.05) is 18.2 Å². The monoisotopic (exact) mass is 356 g/mol. The number of aromatic nitrogens is 2. The molecule has 2 rings (SSSR count). The molecule has 0 bridgehead atoms. The largest absolute Gasteiger partial charge is 0.399 e. The summed E-state index contributed by atoms with van der Waals surface area (Å²) < 4.78 is 2.54. The van der Waals surface area contributed by atoms with Crippen LogP contribution in [0.1, 0.15) is 5.82 Å². The molecule has 0 amide bonds. The smallest absolute Gasteiger partial charge is 0.342 e. The Bertz CT molecular complexity index is 644. The number of aryl methyl sites for hydroxylation is 1. The van der Waals surface area contributed by atoms with Gasteiger partial charge in [-0.05, 0) is 39.1 Å². The number of imidazole rings is 1. The topological polar surface area (TPSA) is 87.0 Å². The zero-order valence-corrected chi connectivity index (χ0v) is 13.1. The normalized spacial score (nSPS) is 10.7. The molecule has 20 heavy (non-hydrogen) atoms. The predicted octanol–water partition coefficient (Wildman–Crippen LogP) is 3.24. The predicted molar refractivity (Wildman–Crippen MR) is 82.9 cm³/mol. The van der Waals surface area contributed by atoms with Crippen molar-refractivity contribution in [1.29, 1.82) is 0 Å². The fraction of sp³-hybridized carbons (Fsp3) is 0.250. The molecule has 1 aromatic carbocycles. The molecule has 0 aliphatic carbocycles. The number of rotatable bonds is 5. The summed E-state index contributed by atoms with van der Waals surface area (Å²) in [5.74, 6) is 1.38. The lowest BCUT2D eigenvalue weighted by Crippen LogP contribution is -2.06. The van der Waals surface area contributed by atoms with Gasteiger partial charge in [0.25, 0.3) is 0 Å². The zero-order chi connectivity index (χ0) is 14.7. The molecule has 0 saturated heterocycles. The fourth-order valence-electron chi connectivity index (χ4n) is 1.76. The van der Waals surface area contributed by atoms with Gasteiger partial charge < -0.3 is 15.8 Å². The summed E-state index contributed by atoms with van der Waals surface area (Å²) in [5.41, 5.74) is 6.38. The Kier molecular flexibility index (Phi) is 4.66. The minimum atomic E-state index is -0.413. The minimum absolute atomic E-state index is 0.0273. The molecule has 0 saturated carbocycles. The highest BCUT2D eigenvalue weighted by Gasteiger charge is 2.16. The Morgan fingerprint density at radius 3 is 2.95 bits per heavy atom. The van der Waals surface area contributed by atoms with Crippen molar-refractivity contribution in [3.63, 3.8) is 0 Å². The second-order valence-corrected chi connectivity index (χ2v) is 6.10. The second-order valence-electron chi connectivity index (χ2n) is 4.11. The molecule has 0 atom stereocenters. The van der Waals surface area contributed by atoms with Crippen LogP contribution >= 0.6 is 27.7 Å². The van der Waals surface area contributed by atoms with Crippen molar-refractivity contribution >= 4 is 39.2 Å². The molecule has 6 nitrogen and oxygen atoms in total. The number of hydrogen-bond acceptors (Lipinski definition) is 5. The summed E-state index contributed by atoms with van der Waals surface area (Å²) in [5, 5.41) is 10.9. The molecule has 106 valence electrons. The van der Waals surface area contributed by atoms with Gasteiger partial charge in [0.15, 0.2) is 5.82 Å². The molecule has 0 fully saturated rings. The first kappa shape index (κ1) is 14.9. The molecular formula is C12H13BrN4O2S. The van der Waals surface area contributed by atoms with Gasteiger partial charge >= 0.3 is 5.82 Å². The summed E-state index contributed by atoms with van der Waals surface area (Å²) in [6.45, 7) is 2.29. The van der Waals surface area contributed by atoms with E-state index in [2.05, 4.69) is 20.9 Å². The third kappa shape index (κ3) is 3.31. The van der Waals surface area contributed by atoms with Crippen molar-refractivity contribution in [3.8, 4) is 0 Å². The molecule has 0 spiro atoms. The van der Waals surface area contributed by atoms with E-state index in [0.29, 0.717) is 23.8 Å². The molecule has 1 aromatic heterocycles. The first-order valence-corrected chi connectivity index (χ1v) is 7.61. The number of anilines is 1. The third-order valence-corrected chi connectivity index (χ3v) is 4.72. The third-order valence-electron chi connectivity index (χ3n) is 2.75. The Balaban J connectivity index is 2.03. The van der Waals surface area contributed by atoms with Gasteiger partial charge in [-0.1, -0.05) is 0 Å². The van der Waals surface area contributed by atoms with Gasteiger partial charge in [-0.25, -0.2) is 9.55 Å². The van der Waals surface area contributed by atoms with E-state index in [9.17, 15) is 10.1 Å². The first-order chi connectivity index (χ1) is 9.49. The van der Waals surface area contributed by atoms with Crippen LogP contribution in [-0.4, -0.2) is 20.2 Å². The number of nitro groups is 1. The van der Waals surface area contributed by atoms with Gasteiger partial charge in [-0.3, -0.25) is 0 Å². The molecule has 0 radical (unpaired) electrons. The highest BCUT2D eigenvalue weighted by Crippen LogP contribution is 2.29. The molecule has 0 aliphatic heterocycles. The van der Waals surface area contributed by atoms with E-state index in [0.717, 1.165) is 9.37 Å². The van der Waals surface area contributed by atoms with Crippen molar-refractivity contribution in [3.05, 3.63) is 44.8 Å². The number of nitrogen functional groups attached to an aromatic ring is 1. The van der Waals surface area contributed by atoms with Crippen molar-refractivity contribution in [1.82, 2.24) is 9.55 Å². The number of nitrogens with two attached hydrogens (primary N) is 1. The van der Waals surface area contributed by atoms with Gasteiger partial charge in [0.05, 0.1) is 0 Å². The van der Waals surface area contributed by atoms with Crippen LogP contribution in [0.15, 0.2) is 33.8 Å². The standard InChI is InChI=1S/C12H13BrN4O2S/c1-8-15-7-12(17(18)19)16(8)4-5-20-11-3-2-9(14)6-10(11)13/h2-3,6-7H,4-5,14H2,1H3. The van der Waals surface area contributed by atoms with E-state index < -0.39 is 4.92 Å². The molecule has 1 heterocycles. The lowest BCUT2D eigenvalue weighted by atomic mass is 10.3. The van der Waals surface area contributed by atoms with Gasteiger partial charge in [-0.2, -0.15) is 0 Å². The Morgan fingerprint density at radius 2 is 2.30 bits per heavy atom. The number of benzene rings is 1. The lowest BCUT2D eigenvalue weighted by molar-refractivity contribution is -0.392. The van der Waals surface area contributed by atoms with E-state index in [1.54, 1.807) is 23.3 Å². The molecule has 2 N–H and O–H groups in total. The van der Waals surface area contributed by atoms with Gasteiger partial charge in [0.1, 0.15) is 12.7 Å². The summed E-state index contributed by atoms with van der Waals surface area (Å²) in [6.07, 6.45) is 1.29. The van der Waals surface area contributed by atoms with Crippen molar-refractivity contribution in [2.75, 3.05) is 11.5 Å². The minimum Gasteiger partial charge on any atom is -0.399 e. The van der Waals surface area contributed by atoms with Crippen LogP contribution in [0, 0.1) is 17.0 Å². The van der Waals surface area contributed by atoms with Crippen molar-refractivity contribution in [2.45, 2.75) is 18.4 Å². The lowest BCUT2D eigenvalue weighted by Gasteiger charge is -2.06. The Hall–Kier alpha value is -1.54. The average Bonchev–Trinajstić information content (AvgIpc) is 2.74. The van der Waals surface area contributed by atoms with E-state index >= 15 is 0 Å². The number of hydrogen-bond donors (Lipinski definition) is 1. The molecule has 0 unspecified atom stereocenters. The first-order valence-electron chi connectivity index (χ1n) is 5.83. The molecule has 0 aliphatic rings. The summed E-state index contributed by atoms with van der Waals surface area (Å²) in [7, 11) is 0. The van der Waals surface area contributed by atoms with Gasteiger partial charge in [-0.15, -0.1) is 11.8 Å². The quantitative estimate of drug-likeness (QED) is 0.384. The molecule has 8 heteroatoms. The van der Waals surface area contributed by atoms with Crippen molar-refractivity contribution < 1.29 is 4.92 Å². The second kappa shape index (κ2) is 6.27. The van der Waals surface area contributed by atoms with Crippen molar-refractivity contribution in [2.24, 2.45) is 0 Å². The zero-order valence-electron chi connectivity index (χ0n) is 10.7. The summed E-state index contributed by atoms with van der Waals surface area (Å²) in [4.78, 5) is 15.5. The van der Waals surface area contributed by atoms with E-state index in [1.165, 1.54) is 6.20 Å². The SMILES string of the molecule is Cc1ncc([N+](=O)[O-])n1CCSc1ccc(N)cc1Br. The van der Waals surface area contributed by atoms with Crippen LogP contribution in [0.5, 0.6) is 0 Å². The number of thioether (sulfide) groups is 1. The highest BCUT2D eigenvalue weighted by atomic mass is 79.9. The molecular weight excluding hydrogens is 344 g/mol. The van der Waals surface area contributed by atoms with E-state index in [4.69, 9.17) is 5.73 Å². The van der Waals surface area contributed by atoms with Crippen LogP contribution in [0.2, 0.25) is 0 Å². The maximum absolute atomic E-state index is 10.9. The Labute approximate surface area is 128 Å². The van der Waals surface area contributed by atoms with Crippen LogP contribution in [0.4, 0.5) is 11.5 Å². The van der Waals surface area contributed by atoms with Gasteiger partial charge in [0.2, 0.25) is 0 Å². The molecule has 2 aromatic rings. The average molecular weight is 357 g/mol. The Morgan fingerprint density at radius 1 is 1.55 bits per heavy atom. The maximum Gasteiger partial charge on any atom is 0.342 e. The van der Waals surface area contributed by atoms with Crippen LogP contribution in [0.3, 0.4) is 0 Å². The number of nitrogens with zero attached hydrogens (tertiary/aromatic N) is 3. The van der Waals surface area contributed by atoms with Crippen LogP contribution < -0.4 is 5.73 Å². The maximum atomic E-state index is 10.9. The summed E-state index contributed by atoms with van der Waals surface area (Å²) in [6, 6.07) is 5.60. The van der Waals surface area contributed by atoms with Gasteiger partial charge in [0, 0.05) is 27.7 Å². The number of halogens is 1. The van der Waals surface area contributed by atoms with Crippen LogP contribution in [-0.2, 0) is 6.54 Å². The van der Waals surface area contributed by atoms with Crippen LogP contribution in [0.25, 0.3) is 0 Å². The highest BCUT2D eigenvalue weighted by molar-refractivity contribution is 9.10. The summed E-state index contributed by atoms with van der Waals surface area (Å²) >= 11 is 5.06. The fourth-order valence-corrected chi connectivity index (χ4v) is 3.35. The van der Waals surface area contributed by atoms with E-state index in [-0.39, 0.29) is 5.82 Å².